The maximum atomic E-state index is 12.6. The molecule has 7 heteroatoms. The Balaban J connectivity index is 1.73. The fraction of sp³-hybridized carbons (Fsp3) is 0.833. The molecule has 0 spiro atoms. The molecular weight excluding hydrogens is 449 g/mol. The zero-order chi connectivity index (χ0) is 18.6. The average molecular weight is 479 g/mol. The molecule has 1 heterocycles. The van der Waals surface area contributed by atoms with E-state index in [2.05, 4.69) is 57.0 Å². The monoisotopic (exact) mass is 479 g/mol. The highest BCUT2D eigenvalue weighted by atomic mass is 127. The number of hydrogen-bond acceptors (Lipinski definition) is 4. The minimum atomic E-state index is -1.11. The van der Waals surface area contributed by atoms with Crippen molar-refractivity contribution in [2.45, 2.75) is 76.1 Å². The highest BCUT2D eigenvalue weighted by Crippen LogP contribution is 2.66. The topological polar surface area (TPSA) is 73.1 Å². The lowest BCUT2D eigenvalue weighted by Crippen LogP contribution is -2.53. The number of aliphatic hydroxyl groups excluding tert-OH is 1. The summed E-state index contributed by atoms with van der Waals surface area (Å²) in [6.45, 7) is 10.5. The molecule has 2 N–H and O–H groups in total. The molecule has 5 nitrogen and oxygen atoms in total. The third-order valence-electron chi connectivity index (χ3n) is 5.61. The molecule has 25 heavy (non-hydrogen) atoms. The normalized spacial score (nSPS) is 32.9. The number of aliphatic hydroxyl groups is 1. The van der Waals surface area contributed by atoms with Gasteiger partial charge in [-0.15, -0.1) is 4.72 Å². The Morgan fingerprint density at radius 2 is 2.04 bits per heavy atom. The van der Waals surface area contributed by atoms with Gasteiger partial charge in [0.1, 0.15) is 8.45 Å². The first-order valence-electron chi connectivity index (χ1n) is 9.13. The summed E-state index contributed by atoms with van der Waals surface area (Å²) in [5, 5.41) is 14.2. The average Bonchev–Trinajstić information content (AvgIpc) is 2.82. The highest BCUT2D eigenvalue weighted by Gasteiger charge is 2.64. The van der Waals surface area contributed by atoms with Gasteiger partial charge < -0.3 is 9.66 Å². The van der Waals surface area contributed by atoms with Crippen LogP contribution < -0.4 is 4.72 Å². The molecule has 0 bridgehead atoms. The molecule has 1 aromatic heterocycles. The summed E-state index contributed by atoms with van der Waals surface area (Å²) in [6, 6.07) is 2.59. The third kappa shape index (κ3) is 3.90. The maximum absolute atomic E-state index is 12.6. The van der Waals surface area contributed by atoms with Crippen molar-refractivity contribution in [1.82, 2.24) is 14.5 Å². The molecule has 2 saturated carbocycles. The van der Waals surface area contributed by atoms with Crippen LogP contribution in [-0.2, 0) is 11.4 Å². The quantitative estimate of drug-likeness (QED) is 0.485. The fourth-order valence-electron chi connectivity index (χ4n) is 4.37. The molecule has 142 valence electrons. The molecule has 0 aromatic carbocycles. The standard InChI is InChI=1S/C18H30IN3O2S/c1-11(2)22-14(8-15(19)20-22)16-12-9-18(6-7-23,10-13(12)16)21-25(24)17(3,4)5/h8,11-13,16,21,23H,6-7,9-10H2,1-5H3/t12-,13+,16+,18?,25?. The van der Waals surface area contributed by atoms with E-state index in [0.29, 0.717) is 30.2 Å². The second kappa shape index (κ2) is 6.96. The second-order valence-corrected chi connectivity index (χ2v) is 12.0. The van der Waals surface area contributed by atoms with Gasteiger partial charge in [-0.05, 0) is 94.4 Å². The van der Waals surface area contributed by atoms with Crippen LogP contribution in [0.3, 0.4) is 0 Å². The molecule has 0 saturated heterocycles. The van der Waals surface area contributed by atoms with Crippen LogP contribution in [0.4, 0.5) is 0 Å². The van der Waals surface area contributed by atoms with E-state index in [9.17, 15) is 9.66 Å². The summed E-state index contributed by atoms with van der Waals surface area (Å²) < 4.78 is 19.0. The molecule has 3 rings (SSSR count). The van der Waals surface area contributed by atoms with Crippen molar-refractivity contribution in [2.24, 2.45) is 11.8 Å². The van der Waals surface area contributed by atoms with Gasteiger partial charge in [-0.1, -0.05) is 0 Å². The molecule has 0 radical (unpaired) electrons. The van der Waals surface area contributed by atoms with Crippen LogP contribution in [0, 0.1) is 15.5 Å². The van der Waals surface area contributed by atoms with Crippen molar-refractivity contribution in [1.29, 1.82) is 0 Å². The van der Waals surface area contributed by atoms with E-state index >= 15 is 0 Å². The van der Waals surface area contributed by atoms with E-state index in [1.807, 2.05) is 20.8 Å². The van der Waals surface area contributed by atoms with Crippen molar-refractivity contribution in [3.8, 4) is 0 Å². The molecule has 1 aromatic rings. The first-order chi connectivity index (χ1) is 11.6. The number of nitrogens with zero attached hydrogens (tertiary/aromatic N) is 2. The Bertz CT molecular complexity index is 616. The first kappa shape index (κ1) is 19.9. The van der Waals surface area contributed by atoms with E-state index in [-0.39, 0.29) is 16.9 Å². The summed E-state index contributed by atoms with van der Waals surface area (Å²) in [4.78, 5) is 0. The molecule has 5 atom stereocenters. The Labute approximate surface area is 167 Å². The predicted octanol–water partition coefficient (Wildman–Crippen LogP) is 3.37. The Kier molecular flexibility index (Phi) is 5.55. The Hall–Kier alpha value is 0.170. The van der Waals surface area contributed by atoms with Crippen LogP contribution in [0.25, 0.3) is 0 Å². The Morgan fingerprint density at radius 3 is 2.52 bits per heavy atom. The lowest BCUT2D eigenvalue weighted by molar-refractivity contribution is 0.215. The number of rotatable bonds is 6. The molecule has 0 amide bonds. The highest BCUT2D eigenvalue weighted by molar-refractivity contribution is 14.1. The van der Waals surface area contributed by atoms with Crippen LogP contribution in [0.1, 0.15) is 71.5 Å². The summed E-state index contributed by atoms with van der Waals surface area (Å²) in [6.07, 6.45) is 2.66. The van der Waals surface area contributed by atoms with Gasteiger partial charge in [-0.3, -0.25) is 4.68 Å². The van der Waals surface area contributed by atoms with Crippen LogP contribution in [0.2, 0.25) is 0 Å². The van der Waals surface area contributed by atoms with Gasteiger partial charge in [0, 0.05) is 35.6 Å². The zero-order valence-electron chi connectivity index (χ0n) is 15.8. The summed E-state index contributed by atoms with van der Waals surface area (Å²) >= 11 is 1.19. The minimum absolute atomic E-state index is 0.139. The Morgan fingerprint density at radius 1 is 1.44 bits per heavy atom. The zero-order valence-corrected chi connectivity index (χ0v) is 18.7. The van der Waals surface area contributed by atoms with E-state index in [1.165, 1.54) is 5.69 Å². The number of halogens is 1. The largest absolute Gasteiger partial charge is 0.598 e. The van der Waals surface area contributed by atoms with Crippen molar-refractivity contribution in [3.05, 3.63) is 15.5 Å². The van der Waals surface area contributed by atoms with Gasteiger partial charge in [0.25, 0.3) is 0 Å². The second-order valence-electron chi connectivity index (χ2n) is 8.93. The minimum Gasteiger partial charge on any atom is -0.598 e. The van der Waals surface area contributed by atoms with E-state index in [1.54, 1.807) is 0 Å². The van der Waals surface area contributed by atoms with Crippen LogP contribution in [0.15, 0.2) is 6.07 Å². The lowest BCUT2D eigenvalue weighted by Gasteiger charge is -2.36. The maximum Gasteiger partial charge on any atom is 0.136 e. The number of hydrogen-bond donors (Lipinski definition) is 2. The van der Waals surface area contributed by atoms with Gasteiger partial charge in [0.15, 0.2) is 0 Å². The molecular formula is C18H30IN3O2S. The summed E-state index contributed by atoms with van der Waals surface area (Å²) in [7, 11) is 0. The van der Waals surface area contributed by atoms with Crippen molar-refractivity contribution in [2.75, 3.05) is 6.61 Å². The summed E-state index contributed by atoms with van der Waals surface area (Å²) in [5.74, 6) is 1.79. The summed E-state index contributed by atoms with van der Waals surface area (Å²) in [5.41, 5.74) is 1.16. The van der Waals surface area contributed by atoms with E-state index in [4.69, 9.17) is 0 Å². The molecule has 0 aliphatic heterocycles. The van der Waals surface area contributed by atoms with Gasteiger partial charge >= 0.3 is 0 Å². The van der Waals surface area contributed by atoms with E-state index < -0.39 is 11.4 Å². The SMILES string of the molecule is CC(C)n1nc(I)cc1[C@H]1[C@@H]2CC(CCO)(N[S+]([O-])C(C)(C)C)C[C@@H]21. The fourth-order valence-corrected chi connectivity index (χ4v) is 5.89. The third-order valence-corrected chi connectivity index (χ3v) is 7.86. The first-order valence-corrected chi connectivity index (χ1v) is 11.4. The van der Waals surface area contributed by atoms with E-state index in [0.717, 1.165) is 16.5 Å². The number of fused-ring (bicyclic) bond motifs is 1. The van der Waals surface area contributed by atoms with Gasteiger partial charge in [0.2, 0.25) is 0 Å². The van der Waals surface area contributed by atoms with Crippen LogP contribution in [0.5, 0.6) is 0 Å². The lowest BCUT2D eigenvalue weighted by atomic mass is 9.88. The predicted molar refractivity (Wildman–Crippen MR) is 110 cm³/mol. The van der Waals surface area contributed by atoms with Crippen molar-refractivity contribution in [3.63, 3.8) is 0 Å². The van der Waals surface area contributed by atoms with Gasteiger partial charge in [-0.2, -0.15) is 5.10 Å². The van der Waals surface area contributed by atoms with Gasteiger partial charge in [0.05, 0.1) is 5.54 Å². The number of nitrogens with one attached hydrogen (secondary N) is 1. The van der Waals surface area contributed by atoms with Crippen LogP contribution in [-0.4, -0.2) is 36.3 Å². The van der Waals surface area contributed by atoms with Crippen molar-refractivity contribution >= 4 is 34.0 Å². The smallest absolute Gasteiger partial charge is 0.136 e. The number of aromatic nitrogens is 2. The molecule has 2 aliphatic rings. The van der Waals surface area contributed by atoms with Crippen LogP contribution >= 0.6 is 22.6 Å². The molecule has 2 fully saturated rings. The molecule has 2 aliphatic carbocycles. The van der Waals surface area contributed by atoms with Crippen molar-refractivity contribution < 1.29 is 9.66 Å². The molecule has 2 unspecified atom stereocenters. The van der Waals surface area contributed by atoms with Gasteiger partial charge in [-0.25, -0.2) is 0 Å².